The maximum Gasteiger partial charge on any atom is 0.0661 e. The fourth-order valence-electron chi connectivity index (χ4n) is 1.82. The molecule has 1 atom stereocenters. The molecular formula is C13H22N2O. The molecule has 3 heteroatoms. The quantitative estimate of drug-likeness (QED) is 0.828. The fourth-order valence-corrected chi connectivity index (χ4v) is 1.82. The van der Waals surface area contributed by atoms with E-state index in [0.29, 0.717) is 12.6 Å². The lowest BCUT2D eigenvalue weighted by Crippen LogP contribution is -2.21. The second-order valence-corrected chi connectivity index (χ2v) is 4.40. The molecule has 1 N–H and O–H groups in total. The molecule has 0 saturated carbocycles. The lowest BCUT2D eigenvalue weighted by atomic mass is 10.1. The van der Waals surface area contributed by atoms with E-state index in [1.54, 1.807) is 7.11 Å². The number of methoxy groups -OCH3 is 1. The number of ether oxygens (including phenoxy) is 1. The minimum Gasteiger partial charge on any atom is -0.383 e. The van der Waals surface area contributed by atoms with Gasteiger partial charge in [-0.1, -0.05) is 0 Å². The maximum absolute atomic E-state index is 5.10. The van der Waals surface area contributed by atoms with Gasteiger partial charge in [-0.3, -0.25) is 0 Å². The monoisotopic (exact) mass is 222 g/mol. The smallest absolute Gasteiger partial charge is 0.0661 e. The van der Waals surface area contributed by atoms with E-state index in [9.17, 15) is 0 Å². The highest BCUT2D eigenvalue weighted by Crippen LogP contribution is 2.22. The van der Waals surface area contributed by atoms with Gasteiger partial charge in [-0.15, -0.1) is 0 Å². The van der Waals surface area contributed by atoms with Crippen molar-refractivity contribution >= 4 is 11.4 Å². The molecule has 0 amide bonds. The first-order valence-corrected chi connectivity index (χ1v) is 5.58. The Morgan fingerprint density at radius 3 is 2.56 bits per heavy atom. The van der Waals surface area contributed by atoms with Gasteiger partial charge in [0.15, 0.2) is 0 Å². The Morgan fingerprint density at radius 2 is 2.06 bits per heavy atom. The molecule has 3 nitrogen and oxygen atoms in total. The van der Waals surface area contributed by atoms with Crippen molar-refractivity contribution in [3.05, 3.63) is 23.8 Å². The van der Waals surface area contributed by atoms with E-state index >= 15 is 0 Å². The van der Waals surface area contributed by atoms with Crippen molar-refractivity contribution in [2.75, 3.05) is 38.0 Å². The van der Waals surface area contributed by atoms with Gasteiger partial charge >= 0.3 is 0 Å². The summed E-state index contributed by atoms with van der Waals surface area (Å²) >= 11 is 0. The molecule has 0 bridgehead atoms. The predicted molar refractivity (Wildman–Crippen MR) is 70.5 cm³/mol. The molecule has 1 aromatic rings. The van der Waals surface area contributed by atoms with Crippen LogP contribution in [0.15, 0.2) is 18.2 Å². The summed E-state index contributed by atoms with van der Waals surface area (Å²) in [7, 11) is 5.84. The van der Waals surface area contributed by atoms with Crippen LogP contribution in [-0.2, 0) is 4.74 Å². The first-order valence-electron chi connectivity index (χ1n) is 5.58. The molecule has 16 heavy (non-hydrogen) atoms. The predicted octanol–water partition coefficient (Wildman–Crippen LogP) is 2.51. The number of hydrogen-bond donors (Lipinski definition) is 1. The van der Waals surface area contributed by atoms with Gasteiger partial charge < -0.3 is 15.0 Å². The lowest BCUT2D eigenvalue weighted by Gasteiger charge is -2.19. The lowest BCUT2D eigenvalue weighted by molar-refractivity contribution is 0.190. The second kappa shape index (κ2) is 5.75. The van der Waals surface area contributed by atoms with Gasteiger partial charge in [-0.2, -0.15) is 0 Å². The van der Waals surface area contributed by atoms with Crippen molar-refractivity contribution in [3.63, 3.8) is 0 Å². The van der Waals surface area contributed by atoms with Crippen molar-refractivity contribution in [2.45, 2.75) is 19.9 Å². The summed E-state index contributed by atoms with van der Waals surface area (Å²) in [6, 6.07) is 6.74. The molecule has 1 aromatic carbocycles. The zero-order chi connectivity index (χ0) is 12.1. The van der Waals surface area contributed by atoms with Gasteiger partial charge in [0.2, 0.25) is 0 Å². The number of anilines is 2. The van der Waals surface area contributed by atoms with Gasteiger partial charge in [-0.05, 0) is 37.6 Å². The van der Waals surface area contributed by atoms with Crippen LogP contribution >= 0.6 is 0 Å². The minimum atomic E-state index is 0.328. The minimum absolute atomic E-state index is 0.328. The van der Waals surface area contributed by atoms with E-state index in [2.05, 4.69) is 56.4 Å². The first-order chi connectivity index (χ1) is 7.54. The van der Waals surface area contributed by atoms with Crippen LogP contribution in [-0.4, -0.2) is 33.9 Å². The average Bonchev–Trinajstić information content (AvgIpc) is 2.17. The number of rotatable bonds is 5. The molecule has 1 unspecified atom stereocenters. The topological polar surface area (TPSA) is 24.5 Å². The summed E-state index contributed by atoms with van der Waals surface area (Å²) in [5, 5.41) is 3.41. The van der Waals surface area contributed by atoms with E-state index in [1.165, 1.54) is 11.3 Å². The highest BCUT2D eigenvalue weighted by atomic mass is 16.5. The van der Waals surface area contributed by atoms with Gasteiger partial charge in [0.1, 0.15) is 0 Å². The van der Waals surface area contributed by atoms with E-state index in [4.69, 9.17) is 4.74 Å². The molecule has 0 aromatic heterocycles. The summed E-state index contributed by atoms with van der Waals surface area (Å²) in [5.74, 6) is 0. The third-order valence-corrected chi connectivity index (χ3v) is 2.51. The second-order valence-electron chi connectivity index (χ2n) is 4.40. The third kappa shape index (κ3) is 3.42. The molecule has 0 aliphatic heterocycles. The zero-order valence-corrected chi connectivity index (χ0v) is 10.9. The van der Waals surface area contributed by atoms with Crippen LogP contribution in [0.25, 0.3) is 0 Å². The molecule has 0 aliphatic rings. The van der Waals surface area contributed by atoms with E-state index in [0.717, 1.165) is 5.69 Å². The SMILES string of the molecule is COCC(C)Nc1ccc(N(C)C)c(C)c1. The average molecular weight is 222 g/mol. The Labute approximate surface area is 98.4 Å². The molecule has 90 valence electrons. The summed E-state index contributed by atoms with van der Waals surface area (Å²) < 4.78 is 5.10. The van der Waals surface area contributed by atoms with Crippen molar-refractivity contribution in [1.82, 2.24) is 0 Å². The molecular weight excluding hydrogens is 200 g/mol. The Bertz CT molecular complexity index is 337. The van der Waals surface area contributed by atoms with E-state index in [1.807, 2.05) is 0 Å². The van der Waals surface area contributed by atoms with Crippen LogP contribution in [0.1, 0.15) is 12.5 Å². The summed E-state index contributed by atoms with van der Waals surface area (Å²) in [6.07, 6.45) is 0. The molecule has 0 radical (unpaired) electrons. The van der Waals surface area contributed by atoms with Gasteiger partial charge in [-0.25, -0.2) is 0 Å². The molecule has 1 rings (SSSR count). The molecule has 0 saturated heterocycles. The number of aryl methyl sites for hydroxylation is 1. The first kappa shape index (κ1) is 12.8. The third-order valence-electron chi connectivity index (χ3n) is 2.51. The Balaban J connectivity index is 2.73. The van der Waals surface area contributed by atoms with E-state index < -0.39 is 0 Å². The van der Waals surface area contributed by atoms with Gasteiger partial charge in [0.05, 0.1) is 6.61 Å². The van der Waals surface area contributed by atoms with Crippen LogP contribution < -0.4 is 10.2 Å². The van der Waals surface area contributed by atoms with Crippen molar-refractivity contribution in [2.24, 2.45) is 0 Å². The summed E-state index contributed by atoms with van der Waals surface area (Å²) in [4.78, 5) is 2.12. The molecule has 0 aliphatic carbocycles. The highest BCUT2D eigenvalue weighted by molar-refractivity contribution is 5.60. The van der Waals surface area contributed by atoms with Crippen molar-refractivity contribution in [3.8, 4) is 0 Å². The van der Waals surface area contributed by atoms with E-state index in [-0.39, 0.29) is 0 Å². The maximum atomic E-state index is 5.10. The number of benzene rings is 1. The van der Waals surface area contributed by atoms with Gasteiger partial charge in [0.25, 0.3) is 0 Å². The van der Waals surface area contributed by atoms with Crippen molar-refractivity contribution < 1.29 is 4.74 Å². The number of hydrogen-bond acceptors (Lipinski definition) is 3. The molecule has 0 heterocycles. The molecule has 0 spiro atoms. The normalized spacial score (nSPS) is 12.3. The number of nitrogens with zero attached hydrogens (tertiary/aromatic N) is 1. The fraction of sp³-hybridized carbons (Fsp3) is 0.538. The number of nitrogens with one attached hydrogen (secondary N) is 1. The van der Waals surface area contributed by atoms with Crippen LogP contribution in [0.5, 0.6) is 0 Å². The highest BCUT2D eigenvalue weighted by Gasteiger charge is 2.04. The Hall–Kier alpha value is -1.22. The van der Waals surface area contributed by atoms with Crippen molar-refractivity contribution in [1.29, 1.82) is 0 Å². The Kier molecular flexibility index (Phi) is 4.62. The van der Waals surface area contributed by atoms with Crippen LogP contribution in [0.4, 0.5) is 11.4 Å². The van der Waals surface area contributed by atoms with Crippen LogP contribution in [0, 0.1) is 6.92 Å². The Morgan fingerprint density at radius 1 is 1.38 bits per heavy atom. The largest absolute Gasteiger partial charge is 0.383 e. The summed E-state index contributed by atoms with van der Waals surface area (Å²) in [6.45, 7) is 4.95. The van der Waals surface area contributed by atoms with Crippen LogP contribution in [0.2, 0.25) is 0 Å². The summed E-state index contributed by atoms with van der Waals surface area (Å²) in [5.41, 5.74) is 3.68. The van der Waals surface area contributed by atoms with Gasteiger partial charge in [0, 0.05) is 38.6 Å². The zero-order valence-electron chi connectivity index (χ0n) is 10.9. The molecule has 0 fully saturated rings. The van der Waals surface area contributed by atoms with Crippen LogP contribution in [0.3, 0.4) is 0 Å². The standard InChI is InChI=1S/C13H22N2O/c1-10-8-12(14-11(2)9-16-5)6-7-13(10)15(3)4/h6-8,11,14H,9H2,1-5H3.